The average Bonchev–Trinajstić information content (AvgIpc) is 2.79. The predicted molar refractivity (Wildman–Crippen MR) is 119 cm³/mol. The molecule has 4 aromatic rings. The van der Waals surface area contributed by atoms with Gasteiger partial charge in [-0.05, 0) is 35.4 Å². The molecule has 0 aliphatic heterocycles. The van der Waals surface area contributed by atoms with Crippen LogP contribution in [0.5, 0.6) is 0 Å². The lowest BCUT2D eigenvalue weighted by atomic mass is 10.1. The van der Waals surface area contributed by atoms with Crippen molar-refractivity contribution in [3.63, 3.8) is 0 Å². The zero-order valence-corrected chi connectivity index (χ0v) is 17.3. The van der Waals surface area contributed by atoms with Gasteiger partial charge < -0.3 is 4.74 Å². The Hall–Kier alpha value is -3.38. The summed E-state index contributed by atoms with van der Waals surface area (Å²) in [5, 5.41) is 1.20. The van der Waals surface area contributed by atoms with Crippen molar-refractivity contribution in [1.82, 2.24) is 9.55 Å². The highest BCUT2D eigenvalue weighted by Crippen LogP contribution is 2.24. The summed E-state index contributed by atoms with van der Waals surface area (Å²) in [6, 6.07) is 24.8. The first-order chi connectivity index (χ1) is 14.7. The third-order valence-electron chi connectivity index (χ3n) is 4.73. The number of esters is 1. The van der Waals surface area contributed by atoms with Crippen LogP contribution in [0.15, 0.2) is 88.8 Å². The SMILES string of the molecule is COC(=O)Cc1ccc(-n2c(SCc3ccccc3)nc3ccccc3c2=O)cc1. The summed E-state index contributed by atoms with van der Waals surface area (Å²) >= 11 is 1.52. The van der Waals surface area contributed by atoms with Gasteiger partial charge in [-0.1, -0.05) is 66.4 Å². The Morgan fingerprint density at radius 3 is 2.37 bits per heavy atom. The minimum atomic E-state index is -0.300. The Labute approximate surface area is 178 Å². The Morgan fingerprint density at radius 1 is 0.933 bits per heavy atom. The van der Waals surface area contributed by atoms with Crippen LogP contribution in [0.3, 0.4) is 0 Å². The number of rotatable bonds is 6. The highest BCUT2D eigenvalue weighted by Gasteiger charge is 2.14. The molecule has 3 aromatic carbocycles. The van der Waals surface area contributed by atoms with E-state index in [9.17, 15) is 9.59 Å². The third kappa shape index (κ3) is 4.28. The molecule has 150 valence electrons. The van der Waals surface area contributed by atoms with Crippen molar-refractivity contribution in [3.8, 4) is 5.69 Å². The second-order valence-corrected chi connectivity index (χ2v) is 7.69. The summed E-state index contributed by atoms with van der Waals surface area (Å²) in [7, 11) is 1.37. The molecule has 0 saturated heterocycles. The monoisotopic (exact) mass is 416 g/mol. The number of thioether (sulfide) groups is 1. The van der Waals surface area contributed by atoms with Crippen molar-refractivity contribution < 1.29 is 9.53 Å². The number of benzene rings is 3. The average molecular weight is 417 g/mol. The number of hydrogen-bond acceptors (Lipinski definition) is 5. The molecule has 0 spiro atoms. The second kappa shape index (κ2) is 8.97. The number of nitrogens with zero attached hydrogens (tertiary/aromatic N) is 2. The lowest BCUT2D eigenvalue weighted by Crippen LogP contribution is -2.21. The van der Waals surface area contributed by atoms with Crippen molar-refractivity contribution in [2.24, 2.45) is 0 Å². The number of methoxy groups -OCH3 is 1. The molecule has 6 heteroatoms. The van der Waals surface area contributed by atoms with Crippen molar-refractivity contribution in [2.75, 3.05) is 7.11 Å². The van der Waals surface area contributed by atoms with Gasteiger partial charge >= 0.3 is 5.97 Å². The van der Waals surface area contributed by atoms with Gasteiger partial charge in [0.15, 0.2) is 5.16 Å². The van der Waals surface area contributed by atoms with Crippen LogP contribution in [0.2, 0.25) is 0 Å². The van der Waals surface area contributed by atoms with Crippen LogP contribution in [0, 0.1) is 0 Å². The van der Waals surface area contributed by atoms with E-state index in [4.69, 9.17) is 9.72 Å². The van der Waals surface area contributed by atoms with Gasteiger partial charge in [0.25, 0.3) is 5.56 Å². The Bertz CT molecular complexity index is 1240. The van der Waals surface area contributed by atoms with Gasteiger partial charge in [-0.3, -0.25) is 14.2 Å². The standard InChI is InChI=1S/C24H20N2O3S/c1-29-22(27)15-17-11-13-19(14-12-17)26-23(28)20-9-5-6-10-21(20)25-24(26)30-16-18-7-3-2-4-8-18/h2-14H,15-16H2,1H3. The molecule has 0 bridgehead atoms. The number of carbonyl (C=O) groups excluding carboxylic acids is 1. The smallest absolute Gasteiger partial charge is 0.309 e. The van der Waals surface area contributed by atoms with Crippen molar-refractivity contribution in [3.05, 3.63) is 100 Å². The lowest BCUT2D eigenvalue weighted by molar-refractivity contribution is -0.139. The van der Waals surface area contributed by atoms with Gasteiger partial charge in [-0.2, -0.15) is 0 Å². The van der Waals surface area contributed by atoms with Crippen LogP contribution in [0.4, 0.5) is 0 Å². The molecule has 5 nitrogen and oxygen atoms in total. The van der Waals surface area contributed by atoms with E-state index in [2.05, 4.69) is 12.1 Å². The van der Waals surface area contributed by atoms with Crippen LogP contribution in [0.25, 0.3) is 16.6 Å². The van der Waals surface area contributed by atoms with Crippen LogP contribution >= 0.6 is 11.8 Å². The predicted octanol–water partition coefficient (Wildman–Crippen LogP) is 4.39. The Balaban J connectivity index is 1.75. The van der Waals surface area contributed by atoms with E-state index >= 15 is 0 Å². The van der Waals surface area contributed by atoms with Gasteiger partial charge in [-0.25, -0.2) is 4.98 Å². The van der Waals surface area contributed by atoms with Crippen LogP contribution < -0.4 is 5.56 Å². The Morgan fingerprint density at radius 2 is 1.63 bits per heavy atom. The lowest BCUT2D eigenvalue weighted by Gasteiger charge is -2.14. The molecular weight excluding hydrogens is 396 g/mol. The van der Waals surface area contributed by atoms with E-state index in [1.807, 2.05) is 60.7 Å². The molecule has 0 aliphatic rings. The van der Waals surface area contributed by atoms with E-state index in [1.54, 1.807) is 10.6 Å². The molecule has 0 radical (unpaired) electrons. The third-order valence-corrected chi connectivity index (χ3v) is 5.74. The van der Waals surface area contributed by atoms with Crippen molar-refractivity contribution >= 4 is 28.6 Å². The number of carbonyl (C=O) groups is 1. The molecule has 1 heterocycles. The van der Waals surface area contributed by atoms with Gasteiger partial charge in [0.05, 0.1) is 30.1 Å². The normalized spacial score (nSPS) is 10.8. The summed E-state index contributed by atoms with van der Waals surface area (Å²) in [6.07, 6.45) is 0.192. The fourth-order valence-corrected chi connectivity index (χ4v) is 4.13. The van der Waals surface area contributed by atoms with Crippen LogP contribution in [-0.4, -0.2) is 22.6 Å². The molecule has 0 amide bonds. The van der Waals surface area contributed by atoms with Gasteiger partial charge in [0, 0.05) is 5.75 Å². The Kier molecular flexibility index (Phi) is 5.95. The first-order valence-electron chi connectivity index (χ1n) is 9.50. The number of fused-ring (bicyclic) bond motifs is 1. The van der Waals surface area contributed by atoms with E-state index in [0.717, 1.165) is 11.1 Å². The fraction of sp³-hybridized carbons (Fsp3) is 0.125. The quantitative estimate of drug-likeness (QED) is 0.265. The van der Waals surface area contributed by atoms with Crippen LogP contribution in [-0.2, 0) is 21.7 Å². The van der Waals surface area contributed by atoms with E-state index < -0.39 is 0 Å². The zero-order valence-electron chi connectivity index (χ0n) is 16.4. The minimum absolute atomic E-state index is 0.114. The van der Waals surface area contributed by atoms with E-state index in [1.165, 1.54) is 18.9 Å². The first kappa shape index (κ1) is 19.9. The second-order valence-electron chi connectivity index (χ2n) is 6.75. The molecule has 0 atom stereocenters. The summed E-state index contributed by atoms with van der Waals surface area (Å²) in [5.41, 5.74) is 3.26. The fourth-order valence-electron chi connectivity index (χ4n) is 3.16. The number of para-hydroxylation sites is 1. The van der Waals surface area contributed by atoms with E-state index in [-0.39, 0.29) is 17.9 Å². The molecular formula is C24H20N2O3S. The van der Waals surface area contributed by atoms with Crippen molar-refractivity contribution in [2.45, 2.75) is 17.3 Å². The molecule has 0 aliphatic carbocycles. The number of hydrogen-bond donors (Lipinski definition) is 0. The highest BCUT2D eigenvalue weighted by molar-refractivity contribution is 7.98. The molecule has 0 fully saturated rings. The number of aromatic nitrogens is 2. The van der Waals surface area contributed by atoms with E-state index in [0.29, 0.717) is 27.5 Å². The largest absolute Gasteiger partial charge is 0.469 e. The van der Waals surface area contributed by atoms with Gasteiger partial charge in [0.2, 0.25) is 0 Å². The topological polar surface area (TPSA) is 61.2 Å². The summed E-state index contributed by atoms with van der Waals surface area (Å²) < 4.78 is 6.36. The maximum Gasteiger partial charge on any atom is 0.309 e. The maximum absolute atomic E-state index is 13.3. The number of ether oxygens (including phenoxy) is 1. The molecule has 4 rings (SSSR count). The minimum Gasteiger partial charge on any atom is -0.469 e. The molecule has 0 N–H and O–H groups in total. The van der Waals surface area contributed by atoms with Gasteiger partial charge in [0.1, 0.15) is 0 Å². The zero-order chi connectivity index (χ0) is 20.9. The summed E-state index contributed by atoms with van der Waals surface area (Å²) in [5.74, 6) is 0.401. The molecule has 0 saturated carbocycles. The molecule has 0 unspecified atom stereocenters. The summed E-state index contributed by atoms with van der Waals surface area (Å²) in [6.45, 7) is 0. The first-order valence-corrected chi connectivity index (χ1v) is 10.5. The molecule has 30 heavy (non-hydrogen) atoms. The van der Waals surface area contributed by atoms with Crippen LogP contribution in [0.1, 0.15) is 11.1 Å². The summed E-state index contributed by atoms with van der Waals surface area (Å²) in [4.78, 5) is 29.6. The maximum atomic E-state index is 13.3. The van der Waals surface area contributed by atoms with Gasteiger partial charge in [-0.15, -0.1) is 0 Å². The highest BCUT2D eigenvalue weighted by atomic mass is 32.2. The van der Waals surface area contributed by atoms with Crippen molar-refractivity contribution in [1.29, 1.82) is 0 Å². The molecule has 1 aromatic heterocycles.